The van der Waals surface area contributed by atoms with Crippen molar-refractivity contribution in [1.29, 1.82) is 0 Å². The number of halogens is 1. The number of likely N-dealkylation sites (N-methyl/N-ethyl adjacent to an activating group) is 1. The second-order valence-electron chi connectivity index (χ2n) is 5.88. The molecule has 0 aromatic carbocycles. The Balaban J connectivity index is 0. The zero-order chi connectivity index (χ0) is 17.2. The van der Waals surface area contributed by atoms with E-state index in [1.165, 1.54) is 56.7 Å². The van der Waals surface area contributed by atoms with Gasteiger partial charge in [-0.1, -0.05) is 74.4 Å². The molecule has 132 valence electrons. The summed E-state index contributed by atoms with van der Waals surface area (Å²) < 4.78 is 4.83. The minimum atomic E-state index is -0.313. The second kappa shape index (κ2) is 18.7. The van der Waals surface area contributed by atoms with Crippen molar-refractivity contribution >= 4 is 21.9 Å². The van der Waals surface area contributed by atoms with Crippen LogP contribution in [0.5, 0.6) is 0 Å². The highest BCUT2D eigenvalue weighted by atomic mass is 79.9. The first-order valence-corrected chi connectivity index (χ1v) is 9.61. The Morgan fingerprint density at radius 1 is 1.05 bits per heavy atom. The van der Waals surface area contributed by atoms with E-state index in [-0.39, 0.29) is 5.97 Å². The predicted molar refractivity (Wildman–Crippen MR) is 101 cm³/mol. The van der Waals surface area contributed by atoms with Crippen LogP contribution in [0.25, 0.3) is 0 Å². The van der Waals surface area contributed by atoms with Crippen molar-refractivity contribution in [3.8, 4) is 0 Å². The molecule has 0 fully saturated rings. The van der Waals surface area contributed by atoms with Crippen LogP contribution in [0.15, 0.2) is 12.2 Å². The molecule has 0 aliphatic heterocycles. The van der Waals surface area contributed by atoms with Crippen LogP contribution < -0.4 is 0 Å². The molecular formula is C18H36BrNO2. The molecule has 0 bridgehead atoms. The minimum Gasteiger partial charge on any atom is -0.461 e. The van der Waals surface area contributed by atoms with Gasteiger partial charge in [-0.15, -0.1) is 0 Å². The number of hydrogen-bond acceptors (Lipinski definition) is 3. The normalized spacial score (nSPS) is 10.1. The highest BCUT2D eigenvalue weighted by Crippen LogP contribution is 2.08. The Bertz CT molecular complexity index is 260. The van der Waals surface area contributed by atoms with Gasteiger partial charge < -0.3 is 9.64 Å². The molecule has 0 saturated heterocycles. The van der Waals surface area contributed by atoms with Crippen molar-refractivity contribution in [2.75, 3.05) is 32.6 Å². The number of carbonyl (C=O) groups is 1. The molecule has 0 aliphatic rings. The largest absolute Gasteiger partial charge is 0.461 e. The van der Waals surface area contributed by atoms with E-state index >= 15 is 0 Å². The third kappa shape index (κ3) is 21.9. The van der Waals surface area contributed by atoms with E-state index in [1.54, 1.807) is 6.92 Å². The quantitative estimate of drug-likeness (QED) is 0.203. The zero-order valence-corrected chi connectivity index (χ0v) is 16.7. The molecule has 0 spiro atoms. The number of carbonyl (C=O) groups excluding carboxylic acids is 1. The standard InChI is InChI=1S/C10H21Br.C8H15NO2/c1-2-3-4-5-6-7-8-9-10-11;1-7(2)8(10)11-6-5-9(3)4/h2-10H2,1H3;1,5-6H2,2-4H3. The van der Waals surface area contributed by atoms with Crippen molar-refractivity contribution < 1.29 is 9.53 Å². The van der Waals surface area contributed by atoms with Gasteiger partial charge >= 0.3 is 5.97 Å². The Morgan fingerprint density at radius 3 is 1.95 bits per heavy atom. The highest BCUT2D eigenvalue weighted by Gasteiger charge is 2.01. The highest BCUT2D eigenvalue weighted by molar-refractivity contribution is 9.09. The van der Waals surface area contributed by atoms with E-state index < -0.39 is 0 Å². The van der Waals surface area contributed by atoms with Crippen LogP contribution in [0.4, 0.5) is 0 Å². The van der Waals surface area contributed by atoms with Crippen molar-refractivity contribution in [3.05, 3.63) is 12.2 Å². The van der Waals surface area contributed by atoms with Crippen molar-refractivity contribution in [2.24, 2.45) is 0 Å². The average molecular weight is 378 g/mol. The van der Waals surface area contributed by atoms with Gasteiger partial charge in [-0.05, 0) is 27.4 Å². The van der Waals surface area contributed by atoms with Crippen LogP contribution in [-0.4, -0.2) is 43.4 Å². The molecule has 0 saturated carbocycles. The fraction of sp³-hybridized carbons (Fsp3) is 0.833. The minimum absolute atomic E-state index is 0.313. The molecule has 3 nitrogen and oxygen atoms in total. The van der Waals surface area contributed by atoms with Crippen LogP contribution in [-0.2, 0) is 9.53 Å². The molecule has 0 radical (unpaired) electrons. The number of esters is 1. The van der Waals surface area contributed by atoms with Gasteiger partial charge in [-0.2, -0.15) is 0 Å². The SMILES string of the molecule is C=C(C)C(=O)OCCN(C)C.CCCCCCCCCCBr. The van der Waals surface area contributed by atoms with E-state index in [9.17, 15) is 4.79 Å². The zero-order valence-electron chi connectivity index (χ0n) is 15.1. The molecule has 4 heteroatoms. The van der Waals surface area contributed by atoms with Gasteiger partial charge in [-0.25, -0.2) is 4.79 Å². The van der Waals surface area contributed by atoms with E-state index in [0.29, 0.717) is 12.2 Å². The third-order valence-corrected chi connectivity index (χ3v) is 3.67. The van der Waals surface area contributed by atoms with Gasteiger partial charge in [0.2, 0.25) is 0 Å². The molecule has 0 atom stereocenters. The number of alkyl halides is 1. The van der Waals surface area contributed by atoms with E-state index in [2.05, 4.69) is 29.4 Å². The molecule has 22 heavy (non-hydrogen) atoms. The summed E-state index contributed by atoms with van der Waals surface area (Å²) in [4.78, 5) is 12.7. The summed E-state index contributed by atoms with van der Waals surface area (Å²) in [5.74, 6) is -0.313. The van der Waals surface area contributed by atoms with Crippen molar-refractivity contribution in [2.45, 2.75) is 65.2 Å². The lowest BCUT2D eigenvalue weighted by Crippen LogP contribution is -2.20. The molecule has 0 heterocycles. The maximum atomic E-state index is 10.8. The lowest BCUT2D eigenvalue weighted by Gasteiger charge is -2.09. The van der Waals surface area contributed by atoms with Crippen LogP contribution in [0.1, 0.15) is 65.2 Å². The van der Waals surface area contributed by atoms with Gasteiger partial charge in [0.15, 0.2) is 0 Å². The fourth-order valence-corrected chi connectivity index (χ4v) is 2.07. The van der Waals surface area contributed by atoms with Gasteiger partial charge in [-0.3, -0.25) is 0 Å². The van der Waals surface area contributed by atoms with E-state index in [1.807, 2.05) is 19.0 Å². The average Bonchev–Trinajstić information content (AvgIpc) is 2.46. The summed E-state index contributed by atoms with van der Waals surface area (Å²) in [6, 6.07) is 0. The number of hydrogen-bond donors (Lipinski definition) is 0. The van der Waals surface area contributed by atoms with Gasteiger partial charge in [0.25, 0.3) is 0 Å². The summed E-state index contributed by atoms with van der Waals surface area (Å²) in [6.07, 6.45) is 11.4. The number of rotatable bonds is 12. The Morgan fingerprint density at radius 2 is 1.55 bits per heavy atom. The molecule has 0 aromatic rings. The van der Waals surface area contributed by atoms with Crippen LogP contribution in [0.3, 0.4) is 0 Å². The summed E-state index contributed by atoms with van der Waals surface area (Å²) in [7, 11) is 3.85. The second-order valence-corrected chi connectivity index (χ2v) is 6.68. The smallest absolute Gasteiger partial charge is 0.333 e. The first-order chi connectivity index (χ1) is 10.5. The Hall–Kier alpha value is -0.350. The van der Waals surface area contributed by atoms with Gasteiger partial charge in [0.05, 0.1) is 0 Å². The van der Waals surface area contributed by atoms with Crippen molar-refractivity contribution in [1.82, 2.24) is 4.90 Å². The molecular weight excluding hydrogens is 342 g/mol. The van der Waals surface area contributed by atoms with E-state index in [4.69, 9.17) is 4.74 Å². The first kappa shape index (κ1) is 23.9. The Labute approximate surface area is 146 Å². The first-order valence-electron chi connectivity index (χ1n) is 8.49. The lowest BCUT2D eigenvalue weighted by atomic mass is 10.1. The molecule has 0 amide bonds. The molecule has 0 unspecified atom stereocenters. The molecule has 0 rings (SSSR count). The number of unbranched alkanes of at least 4 members (excludes halogenated alkanes) is 7. The molecule has 0 aromatic heterocycles. The number of nitrogens with zero attached hydrogens (tertiary/aromatic N) is 1. The summed E-state index contributed by atoms with van der Waals surface area (Å²) in [5, 5.41) is 1.18. The van der Waals surface area contributed by atoms with Crippen molar-refractivity contribution in [3.63, 3.8) is 0 Å². The topological polar surface area (TPSA) is 29.5 Å². The van der Waals surface area contributed by atoms with Crippen LogP contribution in [0, 0.1) is 0 Å². The van der Waals surface area contributed by atoms with Gasteiger partial charge in [0, 0.05) is 17.4 Å². The Kier molecular flexibility index (Phi) is 20.3. The monoisotopic (exact) mass is 377 g/mol. The van der Waals surface area contributed by atoms with E-state index in [0.717, 1.165) is 6.54 Å². The summed E-state index contributed by atoms with van der Waals surface area (Å²) in [6.45, 7) is 8.55. The summed E-state index contributed by atoms with van der Waals surface area (Å²) >= 11 is 3.44. The molecule has 0 N–H and O–H groups in total. The maximum absolute atomic E-state index is 10.8. The fourth-order valence-electron chi connectivity index (χ4n) is 1.67. The summed E-state index contributed by atoms with van der Waals surface area (Å²) in [5.41, 5.74) is 0.448. The number of ether oxygens (including phenoxy) is 1. The lowest BCUT2D eigenvalue weighted by molar-refractivity contribution is -0.139. The van der Waals surface area contributed by atoms with Crippen LogP contribution in [0.2, 0.25) is 0 Å². The maximum Gasteiger partial charge on any atom is 0.333 e. The van der Waals surface area contributed by atoms with Crippen LogP contribution >= 0.6 is 15.9 Å². The third-order valence-electron chi connectivity index (χ3n) is 3.11. The molecule has 0 aliphatic carbocycles. The predicted octanol–water partition coefficient (Wildman–Crippen LogP) is 5.19. The van der Waals surface area contributed by atoms with Gasteiger partial charge in [0.1, 0.15) is 6.61 Å².